The Kier molecular flexibility index (Phi) is 4.71. The van der Waals surface area contributed by atoms with Crippen LogP contribution in [0.1, 0.15) is 0 Å². The highest BCUT2D eigenvalue weighted by molar-refractivity contribution is 9.10. The largest absolute Gasteiger partial charge is 0.268 e. The Morgan fingerprint density at radius 1 is 0.848 bits per heavy atom. The first kappa shape index (κ1) is 20.0. The molecule has 5 nitrogen and oxygen atoms in total. The second kappa shape index (κ2) is 7.76. The van der Waals surface area contributed by atoms with Gasteiger partial charge in [-0.1, -0.05) is 70.0 Å². The smallest absolute Gasteiger partial charge is 0.267 e. The number of benzene rings is 3. The summed E-state index contributed by atoms with van der Waals surface area (Å²) in [4.78, 5) is 27.5. The number of fused-ring (bicyclic) bond motifs is 4. The van der Waals surface area contributed by atoms with Crippen LogP contribution in [-0.4, -0.2) is 19.4 Å². The Labute approximate surface area is 201 Å². The molecule has 33 heavy (non-hydrogen) atoms. The average Bonchev–Trinajstić information content (AvgIpc) is 2.85. The van der Waals surface area contributed by atoms with Crippen LogP contribution in [-0.2, 0) is 0 Å². The van der Waals surface area contributed by atoms with Crippen LogP contribution in [0.2, 0.25) is 5.02 Å². The molecule has 6 rings (SSSR count). The highest BCUT2D eigenvalue weighted by Crippen LogP contribution is 2.33. The number of rotatable bonds is 2. The molecule has 0 aliphatic rings. The van der Waals surface area contributed by atoms with Crippen LogP contribution < -0.4 is 5.56 Å². The summed E-state index contributed by atoms with van der Waals surface area (Å²) < 4.78 is 2.31. The number of hydrogen-bond donors (Lipinski definition) is 0. The fraction of sp³-hybridized carbons (Fsp3) is 0. The molecule has 3 heterocycles. The Hall–Kier alpha value is -3.61. The maximum atomic E-state index is 13.3. The van der Waals surface area contributed by atoms with Gasteiger partial charge in [0.05, 0.1) is 22.0 Å². The van der Waals surface area contributed by atoms with Gasteiger partial charge in [-0.15, -0.1) is 0 Å². The summed E-state index contributed by atoms with van der Waals surface area (Å²) in [7, 11) is 0. The van der Waals surface area contributed by atoms with Gasteiger partial charge in [0.1, 0.15) is 6.33 Å². The molecule has 0 unspecified atom stereocenters. The van der Waals surface area contributed by atoms with Crippen molar-refractivity contribution in [3.8, 4) is 22.4 Å². The summed E-state index contributed by atoms with van der Waals surface area (Å²) in [5.74, 6) is 0. The fourth-order valence-corrected chi connectivity index (χ4v) is 4.51. The molecule has 3 aromatic heterocycles. The van der Waals surface area contributed by atoms with Gasteiger partial charge in [0.2, 0.25) is 0 Å². The first-order valence-electron chi connectivity index (χ1n) is 10.2. The summed E-state index contributed by atoms with van der Waals surface area (Å²) in [5, 5.41) is 1.91. The first-order valence-corrected chi connectivity index (χ1v) is 11.4. The van der Waals surface area contributed by atoms with E-state index < -0.39 is 0 Å². The minimum Gasteiger partial charge on any atom is -0.268 e. The van der Waals surface area contributed by atoms with Gasteiger partial charge in [-0.25, -0.2) is 19.4 Å². The lowest BCUT2D eigenvalue weighted by molar-refractivity contribution is 1.03. The van der Waals surface area contributed by atoms with E-state index in [1.54, 1.807) is 6.07 Å². The summed E-state index contributed by atoms with van der Waals surface area (Å²) in [6.45, 7) is 0. The predicted octanol–water partition coefficient (Wildman–Crippen LogP) is 6.54. The molecule has 0 aliphatic heterocycles. The Morgan fingerprint density at radius 2 is 1.64 bits per heavy atom. The van der Waals surface area contributed by atoms with Gasteiger partial charge in [0, 0.05) is 15.1 Å². The predicted molar refractivity (Wildman–Crippen MR) is 136 cm³/mol. The van der Waals surface area contributed by atoms with Crippen molar-refractivity contribution in [1.29, 1.82) is 0 Å². The molecule has 3 aromatic carbocycles. The van der Waals surface area contributed by atoms with Crippen molar-refractivity contribution in [3.05, 3.63) is 105 Å². The molecule has 7 heteroatoms. The molecule has 6 aromatic rings. The van der Waals surface area contributed by atoms with Crippen molar-refractivity contribution in [1.82, 2.24) is 19.4 Å². The van der Waals surface area contributed by atoms with Gasteiger partial charge in [0.15, 0.2) is 11.3 Å². The molecule has 0 saturated heterocycles. The molecule has 0 fully saturated rings. The van der Waals surface area contributed by atoms with Crippen molar-refractivity contribution >= 4 is 55.1 Å². The van der Waals surface area contributed by atoms with Crippen LogP contribution in [0.25, 0.3) is 50.0 Å². The highest BCUT2D eigenvalue weighted by Gasteiger charge is 2.17. The monoisotopic (exact) mass is 512 g/mol. The van der Waals surface area contributed by atoms with E-state index in [1.807, 2.05) is 72.8 Å². The van der Waals surface area contributed by atoms with Crippen molar-refractivity contribution < 1.29 is 0 Å². The lowest BCUT2D eigenvalue weighted by Gasteiger charge is -2.13. The van der Waals surface area contributed by atoms with Crippen LogP contribution in [0.15, 0.2) is 94.5 Å². The van der Waals surface area contributed by atoms with E-state index in [2.05, 4.69) is 20.9 Å². The van der Waals surface area contributed by atoms with Gasteiger partial charge < -0.3 is 0 Å². The maximum absolute atomic E-state index is 13.3. The van der Waals surface area contributed by atoms with E-state index in [9.17, 15) is 4.79 Å². The van der Waals surface area contributed by atoms with Gasteiger partial charge in [0.25, 0.3) is 5.56 Å². The third kappa shape index (κ3) is 3.39. The number of nitrogens with zero attached hydrogens (tertiary/aromatic N) is 4. The zero-order valence-corrected chi connectivity index (χ0v) is 19.4. The Morgan fingerprint density at radius 3 is 2.42 bits per heavy atom. The standard InChI is InChI=1S/C26H14BrClN4O/c27-17-8-11-21-20(12-17)26(33)32-14-29-24-23(25(32)31-21)19(15-4-2-1-3-5-15)13-22(30-24)16-6-9-18(28)10-7-16/h1-14H. The lowest BCUT2D eigenvalue weighted by atomic mass is 10.00. The molecule has 158 valence electrons. The SMILES string of the molecule is O=c1c2cc(Br)ccc2nc2c3c(-c4ccccc4)cc(-c4ccc(Cl)cc4)nc3ncn12. The molecule has 0 saturated carbocycles. The molecule has 0 atom stereocenters. The van der Waals surface area contributed by atoms with Crippen molar-refractivity contribution in [2.75, 3.05) is 0 Å². The van der Waals surface area contributed by atoms with Crippen LogP contribution in [0.5, 0.6) is 0 Å². The van der Waals surface area contributed by atoms with Crippen LogP contribution >= 0.6 is 27.5 Å². The van der Waals surface area contributed by atoms with Gasteiger partial charge in [-0.3, -0.25) is 4.79 Å². The molecule has 0 N–H and O–H groups in total. The zero-order chi connectivity index (χ0) is 22.5. The molecular formula is C26H14BrClN4O. The fourth-order valence-electron chi connectivity index (χ4n) is 4.03. The molecule has 0 radical (unpaired) electrons. The highest BCUT2D eigenvalue weighted by atomic mass is 79.9. The first-order chi connectivity index (χ1) is 16.1. The minimum absolute atomic E-state index is 0.175. The number of halogens is 2. The van der Waals surface area contributed by atoms with Crippen LogP contribution in [0, 0.1) is 0 Å². The van der Waals surface area contributed by atoms with Crippen LogP contribution in [0.4, 0.5) is 0 Å². The summed E-state index contributed by atoms with van der Waals surface area (Å²) in [6, 6.07) is 25.0. The zero-order valence-electron chi connectivity index (χ0n) is 17.0. The van der Waals surface area contributed by atoms with E-state index in [0.717, 1.165) is 32.2 Å². The Bertz CT molecular complexity index is 1750. The molecule has 0 spiro atoms. The quantitative estimate of drug-likeness (QED) is 0.195. The summed E-state index contributed by atoms with van der Waals surface area (Å²) in [6.07, 6.45) is 1.50. The summed E-state index contributed by atoms with van der Waals surface area (Å²) >= 11 is 9.52. The van der Waals surface area contributed by atoms with Crippen molar-refractivity contribution in [2.45, 2.75) is 0 Å². The molecule has 0 bridgehead atoms. The van der Waals surface area contributed by atoms with Gasteiger partial charge >= 0.3 is 0 Å². The molecular weight excluding hydrogens is 500 g/mol. The molecule has 0 aliphatic carbocycles. The average molecular weight is 514 g/mol. The van der Waals surface area contributed by atoms with E-state index in [1.165, 1.54) is 10.7 Å². The molecule has 0 amide bonds. The van der Waals surface area contributed by atoms with Crippen molar-refractivity contribution in [2.24, 2.45) is 0 Å². The van der Waals surface area contributed by atoms with Crippen molar-refractivity contribution in [3.63, 3.8) is 0 Å². The third-order valence-corrected chi connectivity index (χ3v) is 6.35. The van der Waals surface area contributed by atoms with E-state index in [0.29, 0.717) is 27.2 Å². The Balaban J connectivity index is 1.76. The number of pyridine rings is 1. The van der Waals surface area contributed by atoms with E-state index in [4.69, 9.17) is 21.6 Å². The lowest BCUT2D eigenvalue weighted by Crippen LogP contribution is -2.16. The van der Waals surface area contributed by atoms with Gasteiger partial charge in [-0.05, 0) is 47.5 Å². The maximum Gasteiger partial charge on any atom is 0.267 e. The second-order valence-corrected chi connectivity index (χ2v) is 9.00. The normalized spacial score (nSPS) is 11.5. The van der Waals surface area contributed by atoms with E-state index >= 15 is 0 Å². The minimum atomic E-state index is -0.175. The van der Waals surface area contributed by atoms with Crippen LogP contribution in [0.3, 0.4) is 0 Å². The van der Waals surface area contributed by atoms with Gasteiger partial charge in [-0.2, -0.15) is 0 Å². The number of aromatic nitrogens is 4. The third-order valence-electron chi connectivity index (χ3n) is 5.61. The second-order valence-electron chi connectivity index (χ2n) is 7.64. The summed E-state index contributed by atoms with van der Waals surface area (Å²) in [5.41, 5.74) is 5.07. The number of hydrogen-bond acceptors (Lipinski definition) is 4. The van der Waals surface area contributed by atoms with E-state index in [-0.39, 0.29) is 5.56 Å². The topological polar surface area (TPSA) is 60.2 Å².